The second-order valence-electron chi connectivity index (χ2n) is 6.16. The Hall–Kier alpha value is -2.26. The molecule has 0 saturated heterocycles. The van der Waals surface area contributed by atoms with Crippen molar-refractivity contribution in [2.24, 2.45) is 5.92 Å². The summed E-state index contributed by atoms with van der Waals surface area (Å²) < 4.78 is 5.44. The highest BCUT2D eigenvalue weighted by molar-refractivity contribution is 6.30. The lowest BCUT2D eigenvalue weighted by Gasteiger charge is -2.11. The van der Waals surface area contributed by atoms with Gasteiger partial charge < -0.3 is 10.1 Å². The zero-order valence-electron chi connectivity index (χ0n) is 14.3. The third-order valence-corrected chi connectivity index (χ3v) is 4.63. The molecule has 1 saturated carbocycles. The minimum atomic E-state index is 0.0325. The Labute approximate surface area is 153 Å². The molecular weight excluding hydrogens is 334 g/mol. The van der Waals surface area contributed by atoms with Crippen LogP contribution < -0.4 is 10.1 Å². The number of hydrogen-bond donors (Lipinski definition) is 1. The highest BCUT2D eigenvalue weighted by Crippen LogP contribution is 2.29. The molecule has 1 N–H and O–H groups in total. The molecule has 130 valence electrons. The van der Waals surface area contributed by atoms with Crippen LogP contribution in [0.15, 0.2) is 54.1 Å². The van der Waals surface area contributed by atoms with Crippen molar-refractivity contribution in [3.05, 3.63) is 64.7 Å². The van der Waals surface area contributed by atoms with Crippen LogP contribution in [0.4, 0.5) is 5.69 Å². The maximum Gasteiger partial charge on any atom is 0.163 e. The van der Waals surface area contributed by atoms with Crippen LogP contribution in [0.1, 0.15) is 25.3 Å². The van der Waals surface area contributed by atoms with Crippen molar-refractivity contribution >= 4 is 29.1 Å². The minimum absolute atomic E-state index is 0.0325. The molecule has 2 aromatic carbocycles. The maximum atomic E-state index is 12.6. The summed E-state index contributed by atoms with van der Waals surface area (Å²) >= 11 is 5.90. The topological polar surface area (TPSA) is 38.3 Å². The van der Waals surface area contributed by atoms with Gasteiger partial charge in [0.25, 0.3) is 0 Å². The van der Waals surface area contributed by atoms with E-state index in [4.69, 9.17) is 16.3 Å². The molecule has 1 aliphatic carbocycles. The van der Waals surface area contributed by atoms with E-state index in [1.54, 1.807) is 0 Å². The van der Waals surface area contributed by atoms with Gasteiger partial charge in [0.2, 0.25) is 0 Å². The van der Waals surface area contributed by atoms with Gasteiger partial charge in [-0.2, -0.15) is 0 Å². The Morgan fingerprint density at radius 1 is 1.16 bits per heavy atom. The van der Waals surface area contributed by atoms with Crippen molar-refractivity contribution < 1.29 is 9.53 Å². The summed E-state index contributed by atoms with van der Waals surface area (Å²) in [6, 6.07) is 15.4. The monoisotopic (exact) mass is 355 g/mol. The fraction of sp³-hybridized carbons (Fsp3) is 0.286. The molecule has 0 radical (unpaired) electrons. The molecule has 3 nitrogen and oxygen atoms in total. The number of anilines is 1. The second-order valence-corrected chi connectivity index (χ2v) is 6.60. The summed E-state index contributed by atoms with van der Waals surface area (Å²) in [5, 5.41) is 4.06. The summed E-state index contributed by atoms with van der Waals surface area (Å²) in [5.74, 6) is 1.14. The van der Waals surface area contributed by atoms with Crippen LogP contribution in [0.25, 0.3) is 6.08 Å². The van der Waals surface area contributed by atoms with Gasteiger partial charge in [0, 0.05) is 23.2 Å². The second kappa shape index (κ2) is 8.21. The average molecular weight is 356 g/mol. The Bertz CT molecular complexity index is 750. The summed E-state index contributed by atoms with van der Waals surface area (Å²) in [6.07, 6.45) is 3.70. The van der Waals surface area contributed by atoms with E-state index in [2.05, 4.69) is 5.32 Å². The zero-order chi connectivity index (χ0) is 17.6. The quantitative estimate of drug-likeness (QED) is 0.722. The van der Waals surface area contributed by atoms with Crippen LogP contribution >= 0.6 is 11.6 Å². The number of benzene rings is 2. The number of allylic oxidation sites excluding steroid dienone is 1. The number of halogens is 1. The van der Waals surface area contributed by atoms with Gasteiger partial charge in [0.1, 0.15) is 5.75 Å². The Morgan fingerprint density at radius 2 is 1.88 bits per heavy atom. The Morgan fingerprint density at radius 3 is 2.56 bits per heavy atom. The number of ether oxygens (including phenoxy) is 1. The first kappa shape index (κ1) is 17.6. The van der Waals surface area contributed by atoms with E-state index in [1.807, 2.05) is 61.5 Å². The molecule has 0 heterocycles. The predicted octanol–water partition coefficient (Wildman–Crippen LogP) is 5.21. The lowest BCUT2D eigenvalue weighted by Crippen LogP contribution is -2.18. The van der Waals surface area contributed by atoms with Crippen LogP contribution in [0.5, 0.6) is 5.75 Å². The molecule has 4 heteroatoms. The maximum absolute atomic E-state index is 12.6. The number of carbonyl (C=O) groups excluding carboxylic acids is 1. The molecule has 1 atom stereocenters. The third kappa shape index (κ3) is 4.64. The van der Waals surface area contributed by atoms with Gasteiger partial charge in [-0.15, -0.1) is 0 Å². The standard InChI is InChI=1S/C21H22ClNO2/c1-2-25-20-11-9-19(10-12-20)23-14-17-6-5-16(21(17)24)13-15-3-7-18(22)8-4-15/h3-4,7-13,17,23H,2,5-6,14H2,1H3. The molecule has 0 bridgehead atoms. The molecule has 0 aliphatic heterocycles. The van der Waals surface area contributed by atoms with E-state index in [9.17, 15) is 4.79 Å². The SMILES string of the molecule is CCOc1ccc(NCC2CCC(=Cc3ccc(Cl)cc3)C2=O)cc1. The van der Waals surface area contributed by atoms with Crippen molar-refractivity contribution in [3.63, 3.8) is 0 Å². The summed E-state index contributed by atoms with van der Waals surface area (Å²) in [5.41, 5.74) is 2.93. The highest BCUT2D eigenvalue weighted by Gasteiger charge is 2.28. The number of rotatable bonds is 6. The van der Waals surface area contributed by atoms with E-state index < -0.39 is 0 Å². The molecule has 0 spiro atoms. The highest BCUT2D eigenvalue weighted by atomic mass is 35.5. The van der Waals surface area contributed by atoms with Crippen molar-refractivity contribution in [2.75, 3.05) is 18.5 Å². The van der Waals surface area contributed by atoms with Gasteiger partial charge in [0.15, 0.2) is 5.78 Å². The normalized spacial score (nSPS) is 18.6. The largest absolute Gasteiger partial charge is 0.494 e. The summed E-state index contributed by atoms with van der Waals surface area (Å²) in [6.45, 7) is 3.28. The lowest BCUT2D eigenvalue weighted by molar-refractivity contribution is -0.117. The fourth-order valence-electron chi connectivity index (χ4n) is 3.02. The average Bonchev–Trinajstić information content (AvgIpc) is 2.97. The van der Waals surface area contributed by atoms with Gasteiger partial charge in [-0.3, -0.25) is 4.79 Å². The van der Waals surface area contributed by atoms with Crippen molar-refractivity contribution in [3.8, 4) is 5.75 Å². The van der Waals surface area contributed by atoms with Crippen LogP contribution in [0.2, 0.25) is 5.02 Å². The van der Waals surface area contributed by atoms with Gasteiger partial charge in [0.05, 0.1) is 6.61 Å². The molecule has 3 rings (SSSR count). The Kier molecular flexibility index (Phi) is 5.77. The molecule has 2 aromatic rings. The number of ketones is 1. The number of carbonyl (C=O) groups is 1. The minimum Gasteiger partial charge on any atom is -0.494 e. The summed E-state index contributed by atoms with van der Waals surface area (Å²) in [7, 11) is 0. The van der Waals surface area contributed by atoms with Crippen LogP contribution in [0.3, 0.4) is 0 Å². The van der Waals surface area contributed by atoms with Gasteiger partial charge >= 0.3 is 0 Å². The number of nitrogens with one attached hydrogen (secondary N) is 1. The molecule has 1 unspecified atom stereocenters. The molecular formula is C21H22ClNO2. The van der Waals surface area contributed by atoms with Crippen LogP contribution in [0, 0.1) is 5.92 Å². The third-order valence-electron chi connectivity index (χ3n) is 4.38. The van der Waals surface area contributed by atoms with E-state index in [1.165, 1.54) is 0 Å². The van der Waals surface area contributed by atoms with E-state index in [0.29, 0.717) is 18.2 Å². The Balaban J connectivity index is 1.57. The van der Waals surface area contributed by atoms with E-state index in [0.717, 1.165) is 35.4 Å². The molecule has 1 fully saturated rings. The van der Waals surface area contributed by atoms with Crippen molar-refractivity contribution in [1.29, 1.82) is 0 Å². The van der Waals surface area contributed by atoms with Crippen molar-refractivity contribution in [2.45, 2.75) is 19.8 Å². The molecule has 0 amide bonds. The first-order valence-corrected chi connectivity index (χ1v) is 9.00. The molecule has 25 heavy (non-hydrogen) atoms. The van der Waals surface area contributed by atoms with Gasteiger partial charge in [-0.1, -0.05) is 23.7 Å². The summed E-state index contributed by atoms with van der Waals surface area (Å²) in [4.78, 5) is 12.6. The first-order chi connectivity index (χ1) is 12.2. The van der Waals surface area contributed by atoms with Crippen LogP contribution in [-0.4, -0.2) is 18.9 Å². The fourth-order valence-corrected chi connectivity index (χ4v) is 3.15. The first-order valence-electron chi connectivity index (χ1n) is 8.63. The van der Waals surface area contributed by atoms with Crippen LogP contribution in [-0.2, 0) is 4.79 Å². The van der Waals surface area contributed by atoms with E-state index in [-0.39, 0.29) is 11.7 Å². The number of hydrogen-bond acceptors (Lipinski definition) is 3. The smallest absolute Gasteiger partial charge is 0.163 e. The van der Waals surface area contributed by atoms with Gasteiger partial charge in [-0.25, -0.2) is 0 Å². The number of Topliss-reactive ketones (excluding diaryl/α,β-unsaturated/α-hetero) is 1. The van der Waals surface area contributed by atoms with Gasteiger partial charge in [-0.05, 0) is 73.4 Å². The van der Waals surface area contributed by atoms with E-state index >= 15 is 0 Å². The lowest BCUT2D eigenvalue weighted by atomic mass is 10.0. The van der Waals surface area contributed by atoms with Crippen molar-refractivity contribution in [1.82, 2.24) is 0 Å². The predicted molar refractivity (Wildman–Crippen MR) is 103 cm³/mol. The molecule has 0 aromatic heterocycles. The molecule has 1 aliphatic rings. The zero-order valence-corrected chi connectivity index (χ0v) is 15.1.